The van der Waals surface area contributed by atoms with Crippen LogP contribution in [0.4, 0.5) is 4.79 Å². The third-order valence-electron chi connectivity index (χ3n) is 4.49. The molecule has 0 aromatic rings. The summed E-state index contributed by atoms with van der Waals surface area (Å²) in [6.45, 7) is 4.80. The molecule has 2 aliphatic rings. The van der Waals surface area contributed by atoms with E-state index >= 15 is 0 Å². The molecule has 0 aromatic heterocycles. The topological polar surface area (TPSA) is 47.6 Å². The Labute approximate surface area is 133 Å². The quantitative estimate of drug-likeness (QED) is 0.816. The molecule has 1 aliphatic carbocycles. The van der Waals surface area contributed by atoms with E-state index in [9.17, 15) is 4.79 Å². The van der Waals surface area contributed by atoms with E-state index in [1.807, 2.05) is 24.3 Å². The van der Waals surface area contributed by atoms with Gasteiger partial charge < -0.3 is 14.8 Å². The fourth-order valence-electron chi connectivity index (χ4n) is 3.04. The van der Waals surface area contributed by atoms with Crippen LogP contribution in [-0.2, 0) is 9.47 Å². The molecule has 1 aliphatic heterocycles. The summed E-state index contributed by atoms with van der Waals surface area (Å²) in [5, 5.41) is 2.85. The Morgan fingerprint density at radius 2 is 2.05 bits per heavy atom. The van der Waals surface area contributed by atoms with Crippen molar-refractivity contribution in [3.8, 4) is 0 Å². The third kappa shape index (κ3) is 4.65. The standard InChI is InChI=1S/C18H27NO3/c1-15(2)18(11-6-4-7-12-18)22-17(20)19-13-10-16-9-5-3-8-14-21-16/h3,5,8-9,14-15H,4,6-7,10-13H2,1-2H3,(H,19,20). The van der Waals surface area contributed by atoms with Gasteiger partial charge in [-0.25, -0.2) is 4.79 Å². The molecular formula is C18H27NO3. The molecule has 1 fully saturated rings. The van der Waals surface area contributed by atoms with Crippen LogP contribution in [0.3, 0.4) is 0 Å². The zero-order chi connectivity index (χ0) is 15.8. The second-order valence-electron chi connectivity index (χ2n) is 6.31. The van der Waals surface area contributed by atoms with Crippen molar-refractivity contribution in [3.05, 3.63) is 36.3 Å². The van der Waals surface area contributed by atoms with Crippen LogP contribution in [0.15, 0.2) is 36.3 Å². The van der Waals surface area contributed by atoms with Crippen molar-refractivity contribution in [3.63, 3.8) is 0 Å². The number of carbonyl (C=O) groups excluding carboxylic acids is 1. The van der Waals surface area contributed by atoms with Crippen LogP contribution in [0.25, 0.3) is 0 Å². The fraction of sp³-hybridized carbons (Fsp3) is 0.611. The van der Waals surface area contributed by atoms with E-state index in [-0.39, 0.29) is 11.7 Å². The molecule has 1 saturated carbocycles. The van der Waals surface area contributed by atoms with Crippen molar-refractivity contribution in [2.45, 2.75) is 58.0 Å². The van der Waals surface area contributed by atoms with Crippen LogP contribution < -0.4 is 5.32 Å². The highest BCUT2D eigenvalue weighted by molar-refractivity contribution is 5.67. The first-order chi connectivity index (χ1) is 10.6. The van der Waals surface area contributed by atoms with Crippen LogP contribution >= 0.6 is 0 Å². The van der Waals surface area contributed by atoms with E-state index < -0.39 is 0 Å². The monoisotopic (exact) mass is 305 g/mol. The van der Waals surface area contributed by atoms with Crippen molar-refractivity contribution in [2.24, 2.45) is 5.92 Å². The molecule has 1 amide bonds. The maximum atomic E-state index is 12.1. The second-order valence-corrected chi connectivity index (χ2v) is 6.31. The van der Waals surface area contributed by atoms with Crippen molar-refractivity contribution in [2.75, 3.05) is 6.54 Å². The highest BCUT2D eigenvalue weighted by Gasteiger charge is 2.38. The minimum atomic E-state index is -0.309. The van der Waals surface area contributed by atoms with Crippen molar-refractivity contribution in [1.29, 1.82) is 0 Å². The second kappa shape index (κ2) is 8.06. The van der Waals surface area contributed by atoms with Crippen LogP contribution in [0.1, 0.15) is 52.4 Å². The lowest BCUT2D eigenvalue weighted by Gasteiger charge is -2.40. The van der Waals surface area contributed by atoms with Gasteiger partial charge in [-0.05, 0) is 43.8 Å². The fourth-order valence-corrected chi connectivity index (χ4v) is 3.04. The lowest BCUT2D eigenvalue weighted by atomic mass is 9.77. The number of hydrogen-bond donors (Lipinski definition) is 1. The molecule has 1 heterocycles. The van der Waals surface area contributed by atoms with Gasteiger partial charge in [0.1, 0.15) is 11.4 Å². The average molecular weight is 305 g/mol. The molecule has 4 nitrogen and oxygen atoms in total. The number of alkyl carbamates (subject to hydrolysis) is 1. The summed E-state index contributed by atoms with van der Waals surface area (Å²) in [5.74, 6) is 1.18. The number of carbonyl (C=O) groups is 1. The van der Waals surface area contributed by atoms with Crippen LogP contribution in [0.5, 0.6) is 0 Å². The van der Waals surface area contributed by atoms with E-state index in [2.05, 4.69) is 19.2 Å². The first-order valence-corrected chi connectivity index (χ1v) is 8.28. The Morgan fingerprint density at radius 3 is 2.77 bits per heavy atom. The summed E-state index contributed by atoms with van der Waals surface area (Å²) in [7, 11) is 0. The number of amides is 1. The molecular weight excluding hydrogens is 278 g/mol. The zero-order valence-electron chi connectivity index (χ0n) is 13.6. The van der Waals surface area contributed by atoms with Gasteiger partial charge in [0.05, 0.1) is 6.26 Å². The normalized spacial score (nSPS) is 20.0. The molecule has 0 atom stereocenters. The predicted molar refractivity (Wildman–Crippen MR) is 87.2 cm³/mol. The molecule has 0 saturated heterocycles. The van der Waals surface area contributed by atoms with Gasteiger partial charge in [0.25, 0.3) is 0 Å². The summed E-state index contributed by atoms with van der Waals surface area (Å²) in [6.07, 6.45) is 15.0. The van der Waals surface area contributed by atoms with E-state index in [1.165, 1.54) is 6.42 Å². The Bertz CT molecular complexity index is 457. The van der Waals surface area contributed by atoms with Gasteiger partial charge in [0, 0.05) is 13.0 Å². The lowest BCUT2D eigenvalue weighted by Crippen LogP contribution is -2.45. The van der Waals surface area contributed by atoms with Gasteiger partial charge in [-0.3, -0.25) is 0 Å². The Hall–Kier alpha value is -1.71. The minimum absolute atomic E-state index is 0.286. The molecule has 1 N–H and O–H groups in total. The van der Waals surface area contributed by atoms with Crippen molar-refractivity contribution < 1.29 is 14.3 Å². The number of ether oxygens (including phenoxy) is 2. The van der Waals surface area contributed by atoms with Gasteiger partial charge in [0.2, 0.25) is 0 Å². The largest absolute Gasteiger partial charge is 0.469 e. The summed E-state index contributed by atoms with van der Waals surface area (Å²) in [4.78, 5) is 12.1. The average Bonchev–Trinajstić information content (AvgIpc) is 2.77. The van der Waals surface area contributed by atoms with Gasteiger partial charge in [0.15, 0.2) is 0 Å². The molecule has 22 heavy (non-hydrogen) atoms. The van der Waals surface area contributed by atoms with Gasteiger partial charge in [-0.1, -0.05) is 32.4 Å². The predicted octanol–water partition coefficient (Wildman–Crippen LogP) is 4.45. The maximum Gasteiger partial charge on any atom is 0.407 e. The molecule has 0 spiro atoms. The van der Waals surface area contributed by atoms with E-state index in [4.69, 9.17) is 9.47 Å². The van der Waals surface area contributed by atoms with Crippen molar-refractivity contribution in [1.82, 2.24) is 5.32 Å². The molecule has 4 heteroatoms. The highest BCUT2D eigenvalue weighted by Crippen LogP contribution is 2.37. The number of allylic oxidation sites excluding steroid dienone is 4. The van der Waals surface area contributed by atoms with Crippen molar-refractivity contribution >= 4 is 6.09 Å². The van der Waals surface area contributed by atoms with Crippen LogP contribution in [0, 0.1) is 5.92 Å². The number of rotatable bonds is 5. The summed E-state index contributed by atoms with van der Waals surface area (Å²) >= 11 is 0. The first kappa shape index (κ1) is 16.7. The molecule has 0 aromatic carbocycles. The highest BCUT2D eigenvalue weighted by atomic mass is 16.6. The maximum absolute atomic E-state index is 12.1. The van der Waals surface area contributed by atoms with E-state index in [0.717, 1.165) is 31.4 Å². The van der Waals surface area contributed by atoms with Gasteiger partial charge in [-0.2, -0.15) is 0 Å². The molecule has 0 unspecified atom stereocenters. The molecule has 2 rings (SSSR count). The summed E-state index contributed by atoms with van der Waals surface area (Å²) < 4.78 is 11.2. The van der Waals surface area contributed by atoms with Crippen LogP contribution in [0.2, 0.25) is 0 Å². The first-order valence-electron chi connectivity index (χ1n) is 8.28. The lowest BCUT2D eigenvalue weighted by molar-refractivity contribution is -0.0504. The minimum Gasteiger partial charge on any atom is -0.469 e. The van der Waals surface area contributed by atoms with E-state index in [1.54, 1.807) is 6.26 Å². The third-order valence-corrected chi connectivity index (χ3v) is 4.49. The summed E-state index contributed by atoms with van der Waals surface area (Å²) in [6, 6.07) is 0. The van der Waals surface area contributed by atoms with Gasteiger partial charge in [-0.15, -0.1) is 0 Å². The molecule has 122 valence electrons. The molecule has 0 bridgehead atoms. The smallest absolute Gasteiger partial charge is 0.407 e. The number of nitrogens with one attached hydrogen (secondary N) is 1. The Balaban J connectivity index is 1.78. The van der Waals surface area contributed by atoms with Crippen LogP contribution in [-0.4, -0.2) is 18.2 Å². The summed E-state index contributed by atoms with van der Waals surface area (Å²) in [5.41, 5.74) is -0.286. The zero-order valence-corrected chi connectivity index (χ0v) is 13.6. The Morgan fingerprint density at radius 1 is 1.27 bits per heavy atom. The Kier molecular flexibility index (Phi) is 6.10. The van der Waals surface area contributed by atoms with Gasteiger partial charge >= 0.3 is 6.09 Å². The number of hydrogen-bond acceptors (Lipinski definition) is 3. The molecule has 0 radical (unpaired) electrons. The SMILES string of the molecule is CC(C)C1(OC(=O)NCCC2=CC=CC=CO2)CCCCC1. The van der Waals surface area contributed by atoms with E-state index in [0.29, 0.717) is 18.9 Å².